The number of carbonyl (C=O) groups is 2. The zero-order chi connectivity index (χ0) is 18.5. The van der Waals surface area contributed by atoms with E-state index in [1.165, 1.54) is 0 Å². The van der Waals surface area contributed by atoms with Crippen molar-refractivity contribution in [2.24, 2.45) is 0 Å². The van der Waals surface area contributed by atoms with E-state index in [1.54, 1.807) is 11.3 Å². The number of esters is 1. The first-order chi connectivity index (χ1) is 11.6. The summed E-state index contributed by atoms with van der Waals surface area (Å²) in [5, 5.41) is 6.97. The number of hydrogen-bond acceptors (Lipinski definition) is 6. The van der Waals surface area contributed by atoms with Gasteiger partial charge in [-0.1, -0.05) is 5.16 Å². The van der Waals surface area contributed by atoms with E-state index >= 15 is 0 Å². The Morgan fingerprint density at radius 1 is 1.28 bits per heavy atom. The number of ether oxygens (including phenoxy) is 1. The van der Waals surface area contributed by atoms with Crippen LogP contribution in [-0.2, 0) is 9.53 Å². The minimum absolute atomic E-state index is 0.00237. The van der Waals surface area contributed by atoms with Gasteiger partial charge >= 0.3 is 5.97 Å². The van der Waals surface area contributed by atoms with Gasteiger partial charge in [0.2, 0.25) is 0 Å². The molecule has 0 aliphatic carbocycles. The van der Waals surface area contributed by atoms with E-state index in [2.05, 4.69) is 10.5 Å². The topological polar surface area (TPSA) is 81.4 Å². The van der Waals surface area contributed by atoms with Crippen molar-refractivity contribution in [2.45, 2.75) is 59.6 Å². The lowest BCUT2D eigenvalue weighted by atomic mass is 10.0. The molecule has 2 aromatic heterocycles. The lowest BCUT2D eigenvalue weighted by Gasteiger charge is -2.21. The summed E-state index contributed by atoms with van der Waals surface area (Å²) in [6, 6.07) is -0.599. The van der Waals surface area contributed by atoms with Gasteiger partial charge in [0, 0.05) is 4.88 Å². The molecule has 0 bridgehead atoms. The van der Waals surface area contributed by atoms with Crippen LogP contribution in [0.15, 0.2) is 4.52 Å². The van der Waals surface area contributed by atoms with Crippen molar-refractivity contribution < 1.29 is 18.8 Å². The van der Waals surface area contributed by atoms with E-state index < -0.39 is 17.6 Å². The van der Waals surface area contributed by atoms with Gasteiger partial charge in [-0.05, 0) is 47.1 Å². The lowest BCUT2D eigenvalue weighted by molar-refractivity contribution is -0.155. The molecule has 134 valence electrons. The van der Waals surface area contributed by atoms with Crippen molar-refractivity contribution in [3.63, 3.8) is 0 Å². The second-order valence-electron chi connectivity index (χ2n) is 7.31. The van der Waals surface area contributed by atoms with Gasteiger partial charge < -0.3 is 14.6 Å². The van der Waals surface area contributed by atoms with E-state index in [-0.39, 0.29) is 12.3 Å². The first-order valence-electron chi connectivity index (χ1n) is 8.17. The second-order valence-corrected chi connectivity index (χ2v) is 8.54. The Morgan fingerprint density at radius 3 is 2.60 bits per heavy atom. The number of carbonyl (C=O) groups excluding carboxylic acids is 2. The Labute approximate surface area is 150 Å². The fourth-order valence-corrected chi connectivity index (χ4v) is 4.23. The van der Waals surface area contributed by atoms with Gasteiger partial charge in [-0.25, -0.2) is 0 Å². The molecule has 1 aliphatic heterocycles. The van der Waals surface area contributed by atoms with Gasteiger partial charge in [0.15, 0.2) is 5.76 Å². The van der Waals surface area contributed by atoms with E-state index in [9.17, 15) is 9.59 Å². The van der Waals surface area contributed by atoms with Crippen LogP contribution in [0.2, 0.25) is 0 Å². The van der Waals surface area contributed by atoms with Crippen LogP contribution in [-0.4, -0.2) is 22.6 Å². The van der Waals surface area contributed by atoms with E-state index in [4.69, 9.17) is 9.26 Å². The van der Waals surface area contributed by atoms with Crippen molar-refractivity contribution in [3.05, 3.63) is 27.5 Å². The Kier molecular flexibility index (Phi) is 4.23. The summed E-state index contributed by atoms with van der Waals surface area (Å²) in [7, 11) is 0. The molecule has 0 unspecified atom stereocenters. The molecule has 1 amide bonds. The standard InChI is InChI=1S/C18H22N2O4S/c1-8-10(3)25-16-13(8)17(22)19-11(7-12(21)23-18(4,5)6)15-14(16)9(2)20-24-15/h11H,7H2,1-6H3,(H,19,22)/t11-/m0/s1. The van der Waals surface area contributed by atoms with Crippen LogP contribution in [0.1, 0.15) is 65.5 Å². The van der Waals surface area contributed by atoms with Crippen molar-refractivity contribution >= 4 is 23.2 Å². The molecule has 6 nitrogen and oxygen atoms in total. The van der Waals surface area contributed by atoms with Crippen LogP contribution in [0, 0.1) is 20.8 Å². The molecular formula is C18H22N2O4S. The van der Waals surface area contributed by atoms with Crippen molar-refractivity contribution in [1.82, 2.24) is 10.5 Å². The smallest absolute Gasteiger partial charge is 0.308 e. The number of aryl methyl sites for hydroxylation is 2. The minimum Gasteiger partial charge on any atom is -0.460 e. The molecular weight excluding hydrogens is 340 g/mol. The highest BCUT2D eigenvalue weighted by atomic mass is 32.1. The first-order valence-corrected chi connectivity index (χ1v) is 8.99. The van der Waals surface area contributed by atoms with E-state index in [1.807, 2.05) is 41.5 Å². The van der Waals surface area contributed by atoms with Gasteiger partial charge in [-0.3, -0.25) is 9.59 Å². The largest absolute Gasteiger partial charge is 0.460 e. The average molecular weight is 362 g/mol. The molecule has 0 saturated heterocycles. The highest BCUT2D eigenvalue weighted by Gasteiger charge is 2.36. The number of thiophene rings is 1. The third-order valence-electron chi connectivity index (χ3n) is 4.14. The van der Waals surface area contributed by atoms with Crippen molar-refractivity contribution in [2.75, 3.05) is 0 Å². The Bertz CT molecular complexity index is 857. The number of rotatable bonds is 2. The quantitative estimate of drug-likeness (QED) is 0.821. The van der Waals surface area contributed by atoms with Crippen LogP contribution >= 0.6 is 11.3 Å². The highest BCUT2D eigenvalue weighted by Crippen LogP contribution is 2.44. The maximum absolute atomic E-state index is 12.8. The van der Waals surface area contributed by atoms with Crippen LogP contribution in [0.25, 0.3) is 10.4 Å². The summed E-state index contributed by atoms with van der Waals surface area (Å²) >= 11 is 1.55. The lowest BCUT2D eigenvalue weighted by Crippen LogP contribution is -2.31. The molecule has 1 N–H and O–H groups in total. The van der Waals surface area contributed by atoms with E-state index in [0.29, 0.717) is 17.0 Å². The number of nitrogens with zero attached hydrogens (tertiary/aromatic N) is 1. The zero-order valence-electron chi connectivity index (χ0n) is 15.3. The summed E-state index contributed by atoms with van der Waals surface area (Å²) in [5.41, 5.74) is 2.52. The second kappa shape index (κ2) is 5.98. The van der Waals surface area contributed by atoms with Gasteiger partial charge in [0.1, 0.15) is 11.6 Å². The Morgan fingerprint density at radius 2 is 1.96 bits per heavy atom. The number of hydrogen-bond donors (Lipinski definition) is 1. The number of aromatic nitrogens is 1. The zero-order valence-corrected chi connectivity index (χ0v) is 16.1. The number of fused-ring (bicyclic) bond motifs is 3. The van der Waals surface area contributed by atoms with Crippen molar-refractivity contribution in [1.29, 1.82) is 0 Å². The van der Waals surface area contributed by atoms with Crippen molar-refractivity contribution in [3.8, 4) is 10.4 Å². The van der Waals surface area contributed by atoms with Gasteiger partial charge in [-0.15, -0.1) is 11.3 Å². The Hall–Kier alpha value is -2.15. The van der Waals surface area contributed by atoms with Crippen LogP contribution in [0.3, 0.4) is 0 Å². The van der Waals surface area contributed by atoms with E-state index in [0.717, 1.165) is 20.9 Å². The third-order valence-corrected chi connectivity index (χ3v) is 5.37. The molecule has 3 heterocycles. The number of nitrogens with one attached hydrogen (secondary N) is 1. The summed E-state index contributed by atoms with van der Waals surface area (Å²) < 4.78 is 10.9. The first kappa shape index (κ1) is 17.7. The van der Waals surface area contributed by atoms with Crippen LogP contribution < -0.4 is 5.32 Å². The molecule has 0 saturated carbocycles. The summed E-state index contributed by atoms with van der Waals surface area (Å²) in [5.74, 6) is -0.0797. The SMILES string of the molecule is Cc1noc2c1-c1sc(C)c(C)c1C(=O)N[C@H]2CC(=O)OC(C)(C)C. The maximum Gasteiger partial charge on any atom is 0.308 e. The Balaban J connectivity index is 2.03. The van der Waals surface area contributed by atoms with Crippen LogP contribution in [0.5, 0.6) is 0 Å². The monoisotopic (exact) mass is 362 g/mol. The molecule has 0 radical (unpaired) electrons. The van der Waals surface area contributed by atoms with Gasteiger partial charge in [0.25, 0.3) is 5.91 Å². The number of amides is 1. The predicted molar refractivity (Wildman–Crippen MR) is 94.7 cm³/mol. The molecule has 0 aromatic carbocycles. The highest BCUT2D eigenvalue weighted by molar-refractivity contribution is 7.16. The predicted octanol–water partition coefficient (Wildman–Crippen LogP) is 3.84. The maximum atomic E-state index is 12.8. The molecule has 3 rings (SSSR count). The van der Waals surface area contributed by atoms with Gasteiger partial charge in [0.05, 0.1) is 28.1 Å². The summed E-state index contributed by atoms with van der Waals surface area (Å²) in [6.07, 6.45) is -0.00237. The molecule has 25 heavy (non-hydrogen) atoms. The molecule has 1 atom stereocenters. The molecule has 0 fully saturated rings. The fraction of sp³-hybridized carbons (Fsp3) is 0.500. The van der Waals surface area contributed by atoms with Crippen LogP contribution in [0.4, 0.5) is 0 Å². The third kappa shape index (κ3) is 3.20. The summed E-state index contributed by atoms with van der Waals surface area (Å²) in [4.78, 5) is 27.0. The molecule has 2 aromatic rings. The average Bonchev–Trinajstić information content (AvgIpc) is 2.93. The minimum atomic E-state index is -0.599. The van der Waals surface area contributed by atoms with Gasteiger partial charge in [-0.2, -0.15) is 0 Å². The fourth-order valence-electron chi connectivity index (χ4n) is 2.97. The molecule has 7 heteroatoms. The normalized spacial score (nSPS) is 16.7. The molecule has 1 aliphatic rings. The molecule has 0 spiro atoms. The summed E-state index contributed by atoms with van der Waals surface area (Å²) in [6.45, 7) is 11.2.